The van der Waals surface area contributed by atoms with Gasteiger partial charge in [0.15, 0.2) is 0 Å². The van der Waals surface area contributed by atoms with E-state index in [0.717, 1.165) is 0 Å². The Hall–Kier alpha value is -2.29. The summed E-state index contributed by atoms with van der Waals surface area (Å²) in [6, 6.07) is 10.2. The first-order valence-corrected chi connectivity index (χ1v) is 10.3. The van der Waals surface area contributed by atoms with Crippen molar-refractivity contribution in [3.05, 3.63) is 53.1 Å². The highest BCUT2D eigenvalue weighted by molar-refractivity contribution is 7.89. The first-order chi connectivity index (χ1) is 13.3. The van der Waals surface area contributed by atoms with E-state index in [0.29, 0.717) is 16.3 Å². The fraction of sp³-hybridized carbons (Fsp3) is 0.316. The van der Waals surface area contributed by atoms with Crippen molar-refractivity contribution in [2.24, 2.45) is 0 Å². The van der Waals surface area contributed by atoms with Crippen LogP contribution >= 0.6 is 11.6 Å². The van der Waals surface area contributed by atoms with Gasteiger partial charge in [-0.15, -0.1) is 0 Å². The van der Waals surface area contributed by atoms with Crippen molar-refractivity contribution in [3.63, 3.8) is 0 Å². The molecular formula is C19H22ClNO6S. The van der Waals surface area contributed by atoms with Gasteiger partial charge in [0, 0.05) is 11.1 Å². The molecule has 2 rings (SSSR count). The first-order valence-electron chi connectivity index (χ1n) is 8.46. The van der Waals surface area contributed by atoms with Crippen LogP contribution in [-0.4, -0.2) is 35.2 Å². The van der Waals surface area contributed by atoms with Crippen LogP contribution < -0.4 is 14.2 Å². The number of halogens is 1. The lowest BCUT2D eigenvalue weighted by atomic mass is 10.1. The minimum atomic E-state index is -4.08. The molecule has 9 heteroatoms. The number of carbonyl (C=O) groups is 1. The summed E-state index contributed by atoms with van der Waals surface area (Å²) in [7, 11) is -1.29. The van der Waals surface area contributed by atoms with Crippen LogP contribution in [0.2, 0.25) is 5.02 Å². The molecule has 0 heterocycles. The third kappa shape index (κ3) is 5.37. The van der Waals surface area contributed by atoms with Crippen LogP contribution in [0.15, 0.2) is 47.4 Å². The number of nitrogens with one attached hydrogen (secondary N) is 1. The van der Waals surface area contributed by atoms with E-state index in [1.165, 1.54) is 26.4 Å². The van der Waals surface area contributed by atoms with Crippen molar-refractivity contribution in [2.75, 3.05) is 20.8 Å². The topological polar surface area (TPSA) is 90.9 Å². The Morgan fingerprint density at radius 1 is 1.14 bits per heavy atom. The third-order valence-electron chi connectivity index (χ3n) is 3.91. The van der Waals surface area contributed by atoms with Crippen molar-refractivity contribution in [1.82, 2.24) is 4.72 Å². The van der Waals surface area contributed by atoms with Gasteiger partial charge in [-0.1, -0.05) is 29.8 Å². The Balaban J connectivity index is 2.45. The van der Waals surface area contributed by atoms with Gasteiger partial charge in [-0.2, -0.15) is 0 Å². The van der Waals surface area contributed by atoms with Crippen molar-refractivity contribution < 1.29 is 27.4 Å². The first kappa shape index (κ1) is 22.0. The van der Waals surface area contributed by atoms with E-state index >= 15 is 0 Å². The van der Waals surface area contributed by atoms with E-state index in [1.54, 1.807) is 37.3 Å². The van der Waals surface area contributed by atoms with Gasteiger partial charge in [0.25, 0.3) is 0 Å². The number of esters is 1. The molecular weight excluding hydrogens is 406 g/mol. The number of carbonyl (C=O) groups excluding carboxylic acids is 1. The van der Waals surface area contributed by atoms with Crippen LogP contribution in [0.3, 0.4) is 0 Å². The molecule has 0 spiro atoms. The predicted molar refractivity (Wildman–Crippen MR) is 105 cm³/mol. The van der Waals surface area contributed by atoms with Crippen molar-refractivity contribution in [1.29, 1.82) is 0 Å². The Morgan fingerprint density at radius 3 is 2.46 bits per heavy atom. The third-order valence-corrected chi connectivity index (χ3v) is 5.75. The molecule has 0 aliphatic carbocycles. The lowest BCUT2D eigenvalue weighted by Crippen LogP contribution is -2.31. The van der Waals surface area contributed by atoms with Gasteiger partial charge < -0.3 is 14.2 Å². The van der Waals surface area contributed by atoms with Crippen LogP contribution in [-0.2, 0) is 19.6 Å². The van der Waals surface area contributed by atoms with Crippen molar-refractivity contribution in [3.8, 4) is 11.5 Å². The average Bonchev–Trinajstić information content (AvgIpc) is 2.67. The zero-order chi connectivity index (χ0) is 20.7. The molecule has 0 unspecified atom stereocenters. The van der Waals surface area contributed by atoms with Gasteiger partial charge in [0.05, 0.1) is 33.3 Å². The molecule has 7 nitrogen and oxygen atoms in total. The number of ether oxygens (including phenoxy) is 3. The van der Waals surface area contributed by atoms with Gasteiger partial charge in [0.1, 0.15) is 16.4 Å². The summed E-state index contributed by atoms with van der Waals surface area (Å²) in [4.78, 5) is 11.9. The predicted octanol–water partition coefficient (Wildman–Crippen LogP) is 3.33. The largest absolute Gasteiger partial charge is 0.497 e. The maximum absolute atomic E-state index is 13.1. The summed E-state index contributed by atoms with van der Waals surface area (Å²) in [5.41, 5.74) is 0.461. The van der Waals surface area contributed by atoms with Crippen LogP contribution in [0.5, 0.6) is 11.5 Å². The van der Waals surface area contributed by atoms with E-state index in [1.807, 2.05) is 0 Å². The fourth-order valence-electron chi connectivity index (χ4n) is 2.60. The molecule has 28 heavy (non-hydrogen) atoms. The monoisotopic (exact) mass is 427 g/mol. The molecule has 0 amide bonds. The van der Waals surface area contributed by atoms with E-state index in [-0.39, 0.29) is 23.7 Å². The Labute approximate surface area is 169 Å². The molecule has 0 radical (unpaired) electrons. The Kier molecular flexibility index (Phi) is 7.68. The van der Waals surface area contributed by atoms with Gasteiger partial charge in [-0.3, -0.25) is 4.79 Å². The van der Waals surface area contributed by atoms with E-state index in [4.69, 9.17) is 25.8 Å². The summed E-state index contributed by atoms with van der Waals surface area (Å²) in [6.07, 6.45) is -0.219. The quantitative estimate of drug-likeness (QED) is 0.617. The fourth-order valence-corrected chi connectivity index (χ4v) is 4.27. The lowest BCUT2D eigenvalue weighted by Gasteiger charge is -2.20. The van der Waals surface area contributed by atoms with Gasteiger partial charge in [-0.05, 0) is 30.7 Å². The maximum Gasteiger partial charge on any atom is 0.307 e. The number of benzene rings is 2. The molecule has 0 fully saturated rings. The minimum Gasteiger partial charge on any atom is -0.497 e. The molecule has 0 saturated carbocycles. The van der Waals surface area contributed by atoms with Crippen LogP contribution in [0.25, 0.3) is 0 Å². The van der Waals surface area contributed by atoms with E-state index in [2.05, 4.69) is 4.72 Å². The van der Waals surface area contributed by atoms with Crippen molar-refractivity contribution >= 4 is 27.6 Å². The highest BCUT2D eigenvalue weighted by atomic mass is 35.5. The van der Waals surface area contributed by atoms with E-state index in [9.17, 15) is 13.2 Å². The Morgan fingerprint density at radius 2 is 1.86 bits per heavy atom. The van der Waals surface area contributed by atoms with Crippen LogP contribution in [0.1, 0.15) is 24.9 Å². The van der Waals surface area contributed by atoms with Gasteiger partial charge in [-0.25, -0.2) is 13.1 Å². The number of hydrogen-bond acceptors (Lipinski definition) is 6. The molecule has 0 aliphatic rings. The maximum atomic E-state index is 13.1. The van der Waals surface area contributed by atoms with Gasteiger partial charge in [0.2, 0.25) is 10.0 Å². The summed E-state index contributed by atoms with van der Waals surface area (Å²) in [6.45, 7) is 1.86. The molecule has 152 valence electrons. The van der Waals surface area contributed by atoms with E-state index < -0.39 is 22.0 Å². The molecule has 2 aromatic rings. The van der Waals surface area contributed by atoms with Crippen molar-refractivity contribution in [2.45, 2.75) is 24.3 Å². The highest BCUT2D eigenvalue weighted by Crippen LogP contribution is 2.31. The summed E-state index contributed by atoms with van der Waals surface area (Å²) in [5.74, 6) is -0.0593. The smallest absolute Gasteiger partial charge is 0.307 e. The molecule has 1 atom stereocenters. The molecule has 0 aliphatic heterocycles. The van der Waals surface area contributed by atoms with Crippen LogP contribution in [0, 0.1) is 0 Å². The molecule has 0 bridgehead atoms. The summed E-state index contributed by atoms with van der Waals surface area (Å²) >= 11 is 6.23. The molecule has 0 aromatic heterocycles. The zero-order valence-corrected chi connectivity index (χ0v) is 17.3. The summed E-state index contributed by atoms with van der Waals surface area (Å²) < 4.78 is 43.9. The number of sulfonamides is 1. The standard InChI is InChI=1S/C19H22ClNO6S/c1-4-27-19(22)12-16(14-7-5-6-8-15(14)20)21-28(23,24)18-11-13(25-2)9-10-17(18)26-3/h5-11,16,21H,4,12H2,1-3H3/t16-/m0/s1. The second kappa shape index (κ2) is 9.77. The van der Waals surface area contributed by atoms with Gasteiger partial charge >= 0.3 is 5.97 Å². The van der Waals surface area contributed by atoms with Crippen LogP contribution in [0.4, 0.5) is 0 Å². The minimum absolute atomic E-state index is 0.115. The number of hydrogen-bond donors (Lipinski definition) is 1. The lowest BCUT2D eigenvalue weighted by molar-refractivity contribution is -0.143. The molecule has 1 N–H and O–H groups in total. The summed E-state index contributed by atoms with van der Waals surface area (Å²) in [5, 5.41) is 0.331. The zero-order valence-electron chi connectivity index (χ0n) is 15.8. The Bertz CT molecular complexity index is 932. The normalized spacial score (nSPS) is 12.3. The SMILES string of the molecule is CCOC(=O)C[C@H](NS(=O)(=O)c1cc(OC)ccc1OC)c1ccccc1Cl. The highest BCUT2D eigenvalue weighted by Gasteiger charge is 2.28. The molecule has 2 aromatic carbocycles. The number of rotatable bonds is 9. The second-order valence-corrected chi connectivity index (χ2v) is 7.81. The second-order valence-electron chi connectivity index (χ2n) is 5.72. The number of methoxy groups -OCH3 is 2. The molecule has 0 saturated heterocycles. The average molecular weight is 428 g/mol.